The van der Waals surface area contributed by atoms with E-state index in [1.54, 1.807) is 18.2 Å². The highest BCUT2D eigenvalue weighted by Gasteiger charge is 2.45. The van der Waals surface area contributed by atoms with Crippen molar-refractivity contribution in [2.75, 3.05) is 26.9 Å². The molecular formula is C25H28FNO5. The highest BCUT2D eigenvalue weighted by atomic mass is 19.1. The molecule has 1 amide bonds. The lowest BCUT2D eigenvalue weighted by atomic mass is 9.94. The van der Waals surface area contributed by atoms with Crippen LogP contribution in [-0.4, -0.2) is 48.6 Å². The minimum atomic E-state index is -0.845. The molecule has 0 spiro atoms. The molecule has 1 saturated heterocycles. The SMILES string of the molecule is COCCN1C(=O)C(=O)/C(=C(/O)c2ccc(OCC(C)C)c(C)c2)C1c1ccc(F)cc1. The van der Waals surface area contributed by atoms with Gasteiger partial charge >= 0.3 is 0 Å². The van der Waals surface area contributed by atoms with Crippen LogP contribution in [0.15, 0.2) is 48.0 Å². The number of aryl methyl sites for hydroxylation is 1. The first-order valence-electron chi connectivity index (χ1n) is 10.5. The molecule has 3 rings (SSSR count). The third-order valence-electron chi connectivity index (χ3n) is 5.28. The van der Waals surface area contributed by atoms with Crippen LogP contribution in [0.4, 0.5) is 4.39 Å². The predicted molar refractivity (Wildman–Crippen MR) is 119 cm³/mol. The fraction of sp³-hybridized carbons (Fsp3) is 0.360. The van der Waals surface area contributed by atoms with Gasteiger partial charge in [-0.15, -0.1) is 0 Å². The van der Waals surface area contributed by atoms with Crippen molar-refractivity contribution in [1.82, 2.24) is 4.90 Å². The van der Waals surface area contributed by atoms with Gasteiger partial charge in [0, 0.05) is 19.2 Å². The Hall–Kier alpha value is -3.19. The van der Waals surface area contributed by atoms with Gasteiger partial charge in [-0.1, -0.05) is 26.0 Å². The number of nitrogens with zero attached hydrogens (tertiary/aromatic N) is 1. The van der Waals surface area contributed by atoms with Crippen LogP contribution in [0, 0.1) is 18.7 Å². The van der Waals surface area contributed by atoms with Crippen molar-refractivity contribution >= 4 is 17.4 Å². The van der Waals surface area contributed by atoms with E-state index in [2.05, 4.69) is 0 Å². The predicted octanol–water partition coefficient (Wildman–Crippen LogP) is 4.24. The van der Waals surface area contributed by atoms with E-state index in [0.29, 0.717) is 29.4 Å². The van der Waals surface area contributed by atoms with E-state index < -0.39 is 23.5 Å². The third kappa shape index (κ3) is 4.83. The fourth-order valence-electron chi connectivity index (χ4n) is 3.66. The number of carbonyl (C=O) groups excluding carboxylic acids is 2. The monoisotopic (exact) mass is 441 g/mol. The second kappa shape index (κ2) is 9.96. The van der Waals surface area contributed by atoms with Gasteiger partial charge in [-0.25, -0.2) is 4.39 Å². The zero-order valence-corrected chi connectivity index (χ0v) is 18.7. The van der Waals surface area contributed by atoms with Crippen LogP contribution in [0.25, 0.3) is 5.76 Å². The molecule has 6 nitrogen and oxygen atoms in total. The maximum Gasteiger partial charge on any atom is 0.295 e. The van der Waals surface area contributed by atoms with E-state index in [-0.39, 0.29) is 24.5 Å². The van der Waals surface area contributed by atoms with Crippen LogP contribution in [0.5, 0.6) is 5.75 Å². The Labute approximate surface area is 187 Å². The molecule has 0 aliphatic carbocycles. The number of Topliss-reactive ketones (excluding diaryl/α,β-unsaturated/α-hetero) is 1. The van der Waals surface area contributed by atoms with E-state index in [1.165, 1.54) is 36.3 Å². The molecule has 1 atom stereocenters. The Bertz CT molecular complexity index is 1030. The summed E-state index contributed by atoms with van der Waals surface area (Å²) < 4.78 is 24.4. The smallest absolute Gasteiger partial charge is 0.295 e. The van der Waals surface area contributed by atoms with Crippen LogP contribution >= 0.6 is 0 Å². The minimum Gasteiger partial charge on any atom is -0.507 e. The maximum absolute atomic E-state index is 13.5. The second-order valence-corrected chi connectivity index (χ2v) is 8.22. The first-order chi connectivity index (χ1) is 15.2. The summed E-state index contributed by atoms with van der Waals surface area (Å²) in [6, 6.07) is 9.80. The summed E-state index contributed by atoms with van der Waals surface area (Å²) in [5, 5.41) is 11.1. The lowest BCUT2D eigenvalue weighted by molar-refractivity contribution is -0.140. The average molecular weight is 441 g/mol. The summed E-state index contributed by atoms with van der Waals surface area (Å²) in [7, 11) is 1.50. The van der Waals surface area contributed by atoms with Gasteiger partial charge in [0.2, 0.25) is 0 Å². The van der Waals surface area contributed by atoms with Crippen molar-refractivity contribution in [2.24, 2.45) is 5.92 Å². The number of amides is 1. The Morgan fingerprint density at radius 2 is 1.84 bits per heavy atom. The number of benzene rings is 2. The van der Waals surface area contributed by atoms with Crippen molar-refractivity contribution in [2.45, 2.75) is 26.8 Å². The maximum atomic E-state index is 13.5. The zero-order chi connectivity index (χ0) is 23.4. The van der Waals surface area contributed by atoms with Crippen molar-refractivity contribution in [3.05, 3.63) is 70.5 Å². The average Bonchev–Trinajstić information content (AvgIpc) is 3.01. The van der Waals surface area contributed by atoms with Gasteiger partial charge in [0.25, 0.3) is 11.7 Å². The van der Waals surface area contributed by atoms with Gasteiger partial charge in [-0.05, 0) is 54.3 Å². The van der Waals surface area contributed by atoms with Crippen LogP contribution in [0.1, 0.15) is 36.6 Å². The number of ether oxygens (including phenoxy) is 2. The molecule has 0 bridgehead atoms. The van der Waals surface area contributed by atoms with Gasteiger partial charge in [-0.3, -0.25) is 9.59 Å². The highest BCUT2D eigenvalue weighted by Crippen LogP contribution is 2.39. The van der Waals surface area contributed by atoms with Gasteiger partial charge in [0.1, 0.15) is 17.3 Å². The lowest BCUT2D eigenvalue weighted by Gasteiger charge is -2.25. The van der Waals surface area contributed by atoms with Crippen LogP contribution in [0.2, 0.25) is 0 Å². The van der Waals surface area contributed by atoms with Crippen LogP contribution in [-0.2, 0) is 14.3 Å². The van der Waals surface area contributed by atoms with Gasteiger partial charge in [0.05, 0.1) is 24.8 Å². The molecule has 1 heterocycles. The molecule has 0 radical (unpaired) electrons. The lowest BCUT2D eigenvalue weighted by Crippen LogP contribution is -2.32. The standard InChI is InChI=1S/C25H28FNO5/c1-15(2)14-32-20-10-7-18(13-16(20)3)23(28)21-22(17-5-8-19(26)9-6-17)27(11-12-31-4)25(30)24(21)29/h5-10,13,15,22,28H,11-12,14H2,1-4H3/b23-21+. The molecular weight excluding hydrogens is 413 g/mol. The van der Waals surface area contributed by atoms with Crippen molar-refractivity contribution in [1.29, 1.82) is 0 Å². The molecule has 7 heteroatoms. The van der Waals surface area contributed by atoms with Gasteiger partial charge in [0.15, 0.2) is 0 Å². The number of hydrogen-bond acceptors (Lipinski definition) is 5. The second-order valence-electron chi connectivity index (χ2n) is 8.22. The third-order valence-corrected chi connectivity index (χ3v) is 5.28. The molecule has 2 aromatic rings. The summed E-state index contributed by atoms with van der Waals surface area (Å²) in [6.45, 7) is 6.87. The highest BCUT2D eigenvalue weighted by molar-refractivity contribution is 6.46. The number of carbonyl (C=O) groups is 2. The Kier molecular flexibility index (Phi) is 7.30. The molecule has 1 fully saturated rings. The van der Waals surface area contributed by atoms with E-state index in [0.717, 1.165) is 5.56 Å². The number of rotatable bonds is 8. The first kappa shape index (κ1) is 23.5. The van der Waals surface area contributed by atoms with E-state index in [9.17, 15) is 19.1 Å². The largest absolute Gasteiger partial charge is 0.507 e. The van der Waals surface area contributed by atoms with Crippen molar-refractivity contribution in [3.63, 3.8) is 0 Å². The molecule has 1 N–H and O–H groups in total. The fourth-order valence-corrected chi connectivity index (χ4v) is 3.66. The van der Waals surface area contributed by atoms with E-state index in [1.807, 2.05) is 20.8 Å². The van der Waals surface area contributed by atoms with Gasteiger partial charge in [-0.2, -0.15) is 0 Å². The van der Waals surface area contributed by atoms with Crippen molar-refractivity contribution < 1.29 is 28.6 Å². The molecule has 32 heavy (non-hydrogen) atoms. The topological polar surface area (TPSA) is 76.1 Å². The molecule has 170 valence electrons. The van der Waals surface area contributed by atoms with Crippen LogP contribution < -0.4 is 4.74 Å². The van der Waals surface area contributed by atoms with E-state index in [4.69, 9.17) is 9.47 Å². The minimum absolute atomic E-state index is 0.0343. The Morgan fingerprint density at radius 3 is 2.44 bits per heavy atom. The number of halogens is 1. The zero-order valence-electron chi connectivity index (χ0n) is 18.7. The Balaban J connectivity index is 2.06. The van der Waals surface area contributed by atoms with Crippen LogP contribution in [0.3, 0.4) is 0 Å². The molecule has 1 unspecified atom stereocenters. The summed E-state index contributed by atoms with van der Waals surface area (Å²) in [4.78, 5) is 27.0. The van der Waals surface area contributed by atoms with Gasteiger partial charge < -0.3 is 19.5 Å². The first-order valence-corrected chi connectivity index (χ1v) is 10.5. The quantitative estimate of drug-likeness (QED) is 0.377. The molecule has 1 aliphatic heterocycles. The summed E-state index contributed by atoms with van der Waals surface area (Å²) in [5.41, 5.74) is 1.68. The number of ketones is 1. The molecule has 2 aromatic carbocycles. The number of aliphatic hydroxyl groups excluding tert-OH is 1. The number of likely N-dealkylation sites (tertiary alicyclic amines) is 1. The number of hydrogen-bond donors (Lipinski definition) is 1. The normalized spacial score (nSPS) is 17.9. The summed E-state index contributed by atoms with van der Waals surface area (Å²) in [6.07, 6.45) is 0. The number of methoxy groups -OCH3 is 1. The van der Waals surface area contributed by atoms with Crippen molar-refractivity contribution in [3.8, 4) is 5.75 Å². The van der Waals surface area contributed by atoms with E-state index >= 15 is 0 Å². The molecule has 0 saturated carbocycles. The molecule has 0 aromatic heterocycles. The molecule has 1 aliphatic rings. The Morgan fingerprint density at radius 1 is 1.16 bits per heavy atom. The number of aliphatic hydroxyl groups is 1. The summed E-state index contributed by atoms with van der Waals surface area (Å²) in [5.74, 6) is -1.18. The summed E-state index contributed by atoms with van der Waals surface area (Å²) >= 11 is 0.